The van der Waals surface area contributed by atoms with Crippen LogP contribution in [-0.4, -0.2) is 31.4 Å². The highest BCUT2D eigenvalue weighted by atomic mass is 16.5. The topological polar surface area (TPSA) is 75.7 Å². The van der Waals surface area contributed by atoms with Crippen LogP contribution in [-0.2, 0) is 20.7 Å². The minimum Gasteiger partial charge on any atom is -0.465 e. The highest BCUT2D eigenvalue weighted by Gasteiger charge is 2.35. The maximum atomic E-state index is 12.8. The summed E-state index contributed by atoms with van der Waals surface area (Å²) in [5, 5.41) is 2.86. The van der Waals surface area contributed by atoms with Gasteiger partial charge in [-0.3, -0.25) is 9.59 Å². The largest absolute Gasteiger partial charge is 0.465 e. The van der Waals surface area contributed by atoms with Gasteiger partial charge < -0.3 is 15.0 Å². The van der Waals surface area contributed by atoms with Gasteiger partial charge in [-0.1, -0.05) is 25.1 Å². The van der Waals surface area contributed by atoms with Crippen molar-refractivity contribution in [1.29, 1.82) is 0 Å². The van der Waals surface area contributed by atoms with Gasteiger partial charge in [0.15, 0.2) is 0 Å². The molecule has 3 rings (SSSR count). The fraction of sp³-hybridized carbons (Fsp3) is 0.318. The predicted molar refractivity (Wildman–Crippen MR) is 107 cm³/mol. The van der Waals surface area contributed by atoms with Gasteiger partial charge >= 0.3 is 5.97 Å². The van der Waals surface area contributed by atoms with Crippen LogP contribution in [0.5, 0.6) is 0 Å². The van der Waals surface area contributed by atoms with Crippen molar-refractivity contribution < 1.29 is 19.1 Å². The number of nitrogens with one attached hydrogen (secondary N) is 1. The van der Waals surface area contributed by atoms with Crippen LogP contribution in [0, 0.1) is 12.8 Å². The van der Waals surface area contributed by atoms with E-state index in [0.29, 0.717) is 17.8 Å². The standard InChI is InChI=1S/C22H24N2O4/c1-4-15-6-5-7-18(10-15)24-13-17(12-20(24)25)21(26)23-19-11-16(22(27)28-3)9-8-14(19)2/h5-11,17H,4,12-13H2,1-3H3,(H,23,26). The van der Waals surface area contributed by atoms with Crippen molar-refractivity contribution in [1.82, 2.24) is 0 Å². The van der Waals surface area contributed by atoms with E-state index in [1.54, 1.807) is 23.1 Å². The first kappa shape index (κ1) is 19.6. The Hall–Kier alpha value is -3.15. The molecule has 1 aliphatic heterocycles. The molecule has 1 unspecified atom stereocenters. The minimum atomic E-state index is -0.464. The Morgan fingerprint density at radius 3 is 2.71 bits per heavy atom. The number of rotatable bonds is 5. The number of aryl methyl sites for hydroxylation is 2. The van der Waals surface area contributed by atoms with E-state index in [0.717, 1.165) is 23.2 Å². The molecule has 0 aromatic heterocycles. The van der Waals surface area contributed by atoms with E-state index >= 15 is 0 Å². The van der Waals surface area contributed by atoms with E-state index in [9.17, 15) is 14.4 Å². The third kappa shape index (κ3) is 4.06. The Morgan fingerprint density at radius 1 is 1.21 bits per heavy atom. The summed E-state index contributed by atoms with van der Waals surface area (Å²) in [7, 11) is 1.31. The van der Waals surface area contributed by atoms with Gasteiger partial charge in [0.05, 0.1) is 18.6 Å². The predicted octanol–water partition coefficient (Wildman–Crippen LogP) is 3.34. The van der Waals surface area contributed by atoms with Crippen molar-refractivity contribution in [3.8, 4) is 0 Å². The number of methoxy groups -OCH3 is 1. The first-order valence-electron chi connectivity index (χ1n) is 9.32. The van der Waals surface area contributed by atoms with Crippen molar-refractivity contribution >= 4 is 29.2 Å². The van der Waals surface area contributed by atoms with E-state index in [1.807, 2.05) is 31.2 Å². The lowest BCUT2D eigenvalue weighted by molar-refractivity contribution is -0.122. The summed E-state index contributed by atoms with van der Waals surface area (Å²) in [6.45, 7) is 4.25. The Labute approximate surface area is 164 Å². The van der Waals surface area contributed by atoms with Gasteiger partial charge in [-0.05, 0) is 48.7 Å². The molecule has 146 valence electrons. The molecular formula is C22H24N2O4. The van der Waals surface area contributed by atoms with Crippen LogP contribution in [0.1, 0.15) is 34.8 Å². The third-order valence-corrected chi connectivity index (χ3v) is 5.04. The number of ether oxygens (including phenoxy) is 1. The molecule has 1 heterocycles. The van der Waals surface area contributed by atoms with Crippen molar-refractivity contribution in [3.05, 3.63) is 59.2 Å². The quantitative estimate of drug-likeness (QED) is 0.808. The molecule has 6 nitrogen and oxygen atoms in total. The van der Waals surface area contributed by atoms with Gasteiger partial charge in [-0.25, -0.2) is 4.79 Å². The molecule has 2 aromatic rings. The molecule has 0 bridgehead atoms. The van der Waals surface area contributed by atoms with Crippen molar-refractivity contribution in [2.75, 3.05) is 23.9 Å². The number of benzene rings is 2. The zero-order valence-electron chi connectivity index (χ0n) is 16.3. The zero-order chi connectivity index (χ0) is 20.3. The van der Waals surface area contributed by atoms with Gasteiger partial charge in [-0.2, -0.15) is 0 Å². The average Bonchev–Trinajstić information content (AvgIpc) is 3.11. The number of carbonyl (C=O) groups is 3. The Kier molecular flexibility index (Phi) is 5.78. The molecule has 2 amide bonds. The highest BCUT2D eigenvalue weighted by Crippen LogP contribution is 2.27. The maximum absolute atomic E-state index is 12.8. The van der Waals surface area contributed by atoms with Crippen molar-refractivity contribution in [3.63, 3.8) is 0 Å². The molecule has 0 aliphatic carbocycles. The van der Waals surface area contributed by atoms with Gasteiger partial charge in [0.2, 0.25) is 11.8 Å². The zero-order valence-corrected chi connectivity index (χ0v) is 16.3. The Bertz CT molecular complexity index is 923. The second-order valence-electron chi connectivity index (χ2n) is 6.94. The molecule has 0 saturated carbocycles. The summed E-state index contributed by atoms with van der Waals surface area (Å²) in [5.74, 6) is -1.20. The summed E-state index contributed by atoms with van der Waals surface area (Å²) >= 11 is 0. The molecule has 6 heteroatoms. The van der Waals surface area contributed by atoms with E-state index in [1.165, 1.54) is 7.11 Å². The lowest BCUT2D eigenvalue weighted by Gasteiger charge is -2.18. The first-order chi connectivity index (χ1) is 13.4. The van der Waals surface area contributed by atoms with Gasteiger partial charge in [0, 0.05) is 24.3 Å². The first-order valence-corrected chi connectivity index (χ1v) is 9.32. The van der Waals surface area contributed by atoms with Gasteiger partial charge in [-0.15, -0.1) is 0 Å². The molecule has 2 aromatic carbocycles. The Balaban J connectivity index is 1.74. The lowest BCUT2D eigenvalue weighted by atomic mass is 10.1. The molecule has 1 aliphatic rings. The van der Waals surface area contributed by atoms with Crippen LogP contribution in [0.25, 0.3) is 0 Å². The second-order valence-corrected chi connectivity index (χ2v) is 6.94. The fourth-order valence-electron chi connectivity index (χ4n) is 3.31. The van der Waals surface area contributed by atoms with E-state index in [4.69, 9.17) is 4.74 Å². The molecule has 28 heavy (non-hydrogen) atoms. The van der Waals surface area contributed by atoms with E-state index in [2.05, 4.69) is 12.2 Å². The molecule has 0 radical (unpaired) electrons. The third-order valence-electron chi connectivity index (χ3n) is 5.04. The number of hydrogen-bond acceptors (Lipinski definition) is 4. The van der Waals surface area contributed by atoms with Crippen LogP contribution in [0.4, 0.5) is 11.4 Å². The smallest absolute Gasteiger partial charge is 0.337 e. The maximum Gasteiger partial charge on any atom is 0.337 e. The van der Waals surface area contributed by atoms with Crippen LogP contribution in [0.15, 0.2) is 42.5 Å². The molecule has 1 atom stereocenters. The number of carbonyl (C=O) groups excluding carboxylic acids is 3. The van der Waals surface area contributed by atoms with Crippen LogP contribution >= 0.6 is 0 Å². The fourth-order valence-corrected chi connectivity index (χ4v) is 3.31. The molecule has 1 saturated heterocycles. The normalized spacial score (nSPS) is 16.2. The molecule has 1 N–H and O–H groups in total. The number of anilines is 2. The summed E-state index contributed by atoms with van der Waals surface area (Å²) in [6, 6.07) is 12.8. The van der Waals surface area contributed by atoms with E-state index < -0.39 is 11.9 Å². The lowest BCUT2D eigenvalue weighted by Crippen LogP contribution is -2.28. The monoisotopic (exact) mass is 380 g/mol. The number of esters is 1. The summed E-state index contributed by atoms with van der Waals surface area (Å²) in [5.41, 5.74) is 3.71. The summed E-state index contributed by atoms with van der Waals surface area (Å²) in [6.07, 6.45) is 1.05. The van der Waals surface area contributed by atoms with Crippen LogP contribution in [0.3, 0.4) is 0 Å². The summed E-state index contributed by atoms with van der Waals surface area (Å²) in [4.78, 5) is 38.6. The minimum absolute atomic E-state index is 0.0616. The average molecular weight is 380 g/mol. The number of amides is 2. The van der Waals surface area contributed by atoms with Gasteiger partial charge in [0.25, 0.3) is 0 Å². The van der Waals surface area contributed by atoms with Gasteiger partial charge in [0.1, 0.15) is 0 Å². The van der Waals surface area contributed by atoms with Crippen LogP contribution in [0.2, 0.25) is 0 Å². The SMILES string of the molecule is CCc1cccc(N2CC(C(=O)Nc3cc(C(=O)OC)ccc3C)CC2=O)c1. The highest BCUT2D eigenvalue weighted by molar-refractivity contribution is 6.04. The molecular weight excluding hydrogens is 356 g/mol. The van der Waals surface area contributed by atoms with Crippen molar-refractivity contribution in [2.45, 2.75) is 26.7 Å². The van der Waals surface area contributed by atoms with Crippen molar-refractivity contribution in [2.24, 2.45) is 5.92 Å². The Morgan fingerprint density at radius 2 is 2.00 bits per heavy atom. The molecule has 0 spiro atoms. The second kappa shape index (κ2) is 8.25. The summed E-state index contributed by atoms with van der Waals surface area (Å²) < 4.78 is 4.73. The van der Waals surface area contributed by atoms with E-state index in [-0.39, 0.29) is 18.2 Å². The number of nitrogens with zero attached hydrogens (tertiary/aromatic N) is 1. The molecule has 1 fully saturated rings. The number of hydrogen-bond donors (Lipinski definition) is 1. The van der Waals surface area contributed by atoms with Crippen LogP contribution < -0.4 is 10.2 Å².